The lowest BCUT2D eigenvalue weighted by atomic mass is 10.0. The number of hydrogen-bond donors (Lipinski definition) is 0. The number of methoxy groups -OCH3 is 1. The third-order valence-electron chi connectivity index (χ3n) is 5.31. The van der Waals surface area contributed by atoms with E-state index in [0.717, 1.165) is 11.3 Å². The van der Waals surface area contributed by atoms with E-state index in [9.17, 15) is 4.79 Å². The molecule has 0 saturated carbocycles. The van der Waals surface area contributed by atoms with Crippen molar-refractivity contribution >= 4 is 5.78 Å². The van der Waals surface area contributed by atoms with Crippen molar-refractivity contribution in [2.24, 2.45) is 5.92 Å². The van der Waals surface area contributed by atoms with Crippen LogP contribution in [-0.4, -0.2) is 51.0 Å². The van der Waals surface area contributed by atoms with Crippen LogP contribution in [0.25, 0.3) is 0 Å². The Morgan fingerprint density at radius 2 is 1.59 bits per heavy atom. The molecule has 0 aliphatic carbocycles. The van der Waals surface area contributed by atoms with Crippen LogP contribution >= 0.6 is 0 Å². The average molecular weight is 368 g/mol. The van der Waals surface area contributed by atoms with Crippen LogP contribution in [0.2, 0.25) is 0 Å². The summed E-state index contributed by atoms with van der Waals surface area (Å²) in [5.74, 6) is 0.933. The molecule has 5 nitrogen and oxygen atoms in total. The predicted octanol–water partition coefficient (Wildman–Crippen LogP) is 3.03. The van der Waals surface area contributed by atoms with Gasteiger partial charge in [-0.25, -0.2) is 0 Å². The maximum Gasteiger partial charge on any atom is 0.193 e. The molecule has 2 heterocycles. The number of hydrogen-bond acceptors (Lipinski definition) is 5. The zero-order chi connectivity index (χ0) is 18.8. The zero-order valence-electron chi connectivity index (χ0n) is 15.6. The van der Waals surface area contributed by atoms with E-state index in [-0.39, 0.29) is 30.0 Å². The molecule has 4 rings (SSSR count). The second-order valence-electron chi connectivity index (χ2n) is 7.16. The molecule has 27 heavy (non-hydrogen) atoms. The standard InChI is InChI=1S/C22H24O5/c1-14-3-5-15(6-4-14)20(23)16-7-9-18(10-8-16)25-11-17-12-26-22-19(24-2)13-27-21(17)22/h3-10,17,19,21-22H,11-13H2,1-2H3/t17-,19-,21-,22-/m1/s1. The molecular weight excluding hydrogens is 344 g/mol. The van der Waals surface area contributed by atoms with E-state index < -0.39 is 0 Å². The van der Waals surface area contributed by atoms with Gasteiger partial charge in [-0.3, -0.25) is 4.79 Å². The Morgan fingerprint density at radius 3 is 2.26 bits per heavy atom. The third kappa shape index (κ3) is 3.76. The SMILES string of the molecule is CO[C@@H]1CO[C@@H]2[C@H](COc3ccc(C(=O)c4ccc(C)cc4)cc3)CO[C@@H]21. The Bertz CT molecular complexity index is 783. The topological polar surface area (TPSA) is 54.0 Å². The predicted molar refractivity (Wildman–Crippen MR) is 100 cm³/mol. The van der Waals surface area contributed by atoms with Gasteiger partial charge in [0.25, 0.3) is 0 Å². The van der Waals surface area contributed by atoms with E-state index in [2.05, 4.69) is 0 Å². The van der Waals surface area contributed by atoms with Gasteiger partial charge in [0, 0.05) is 24.2 Å². The van der Waals surface area contributed by atoms with Crippen molar-refractivity contribution in [3.05, 3.63) is 65.2 Å². The van der Waals surface area contributed by atoms with Crippen LogP contribution in [0, 0.1) is 12.8 Å². The van der Waals surface area contributed by atoms with Gasteiger partial charge in [0.05, 0.1) is 25.9 Å². The first-order valence-electron chi connectivity index (χ1n) is 9.26. The number of fused-ring (bicyclic) bond motifs is 1. The molecule has 2 fully saturated rings. The minimum absolute atomic E-state index is 0.00175. The lowest BCUT2D eigenvalue weighted by Crippen LogP contribution is -2.32. The molecule has 5 heteroatoms. The molecule has 0 N–H and O–H groups in total. The molecule has 4 atom stereocenters. The fraction of sp³-hybridized carbons (Fsp3) is 0.409. The van der Waals surface area contributed by atoms with Crippen LogP contribution < -0.4 is 4.74 Å². The highest BCUT2D eigenvalue weighted by molar-refractivity contribution is 6.09. The van der Waals surface area contributed by atoms with E-state index in [1.54, 1.807) is 19.2 Å². The Hall–Kier alpha value is -2.21. The second kappa shape index (κ2) is 7.80. The smallest absolute Gasteiger partial charge is 0.193 e. The summed E-state index contributed by atoms with van der Waals surface area (Å²) in [6.45, 7) is 3.70. The molecule has 2 aromatic carbocycles. The van der Waals surface area contributed by atoms with E-state index in [1.807, 2.05) is 43.3 Å². The first-order chi connectivity index (χ1) is 13.2. The molecule has 0 aromatic heterocycles. The van der Waals surface area contributed by atoms with Crippen LogP contribution in [0.3, 0.4) is 0 Å². The number of rotatable bonds is 6. The van der Waals surface area contributed by atoms with Crippen LogP contribution in [0.4, 0.5) is 0 Å². The minimum Gasteiger partial charge on any atom is -0.493 e. The fourth-order valence-corrected chi connectivity index (χ4v) is 3.67. The molecule has 0 bridgehead atoms. The Kier molecular flexibility index (Phi) is 5.25. The summed E-state index contributed by atoms with van der Waals surface area (Å²) in [6.07, 6.45) is 0.0301. The van der Waals surface area contributed by atoms with Crippen molar-refractivity contribution in [2.45, 2.75) is 25.2 Å². The van der Waals surface area contributed by atoms with Gasteiger partial charge in [0.15, 0.2) is 5.78 Å². The lowest BCUT2D eigenvalue weighted by molar-refractivity contribution is -0.0103. The van der Waals surface area contributed by atoms with Crippen molar-refractivity contribution < 1.29 is 23.7 Å². The van der Waals surface area contributed by atoms with Crippen LogP contribution in [0.15, 0.2) is 48.5 Å². The lowest BCUT2D eigenvalue weighted by Gasteiger charge is -2.17. The minimum atomic E-state index is -0.00175. The maximum absolute atomic E-state index is 12.5. The van der Waals surface area contributed by atoms with Gasteiger partial charge in [0.1, 0.15) is 18.0 Å². The normalized spacial score (nSPS) is 26.7. The summed E-state index contributed by atoms with van der Waals surface area (Å²) in [4.78, 5) is 12.5. The summed E-state index contributed by atoms with van der Waals surface area (Å²) in [6, 6.07) is 14.9. The summed E-state index contributed by atoms with van der Waals surface area (Å²) in [5.41, 5.74) is 2.48. The van der Waals surface area contributed by atoms with Crippen molar-refractivity contribution in [1.82, 2.24) is 0 Å². The Balaban J connectivity index is 1.35. The maximum atomic E-state index is 12.5. The average Bonchev–Trinajstić information content (AvgIpc) is 3.29. The van der Waals surface area contributed by atoms with E-state index in [4.69, 9.17) is 18.9 Å². The molecule has 0 unspecified atom stereocenters. The summed E-state index contributed by atoms with van der Waals surface area (Å²) < 4.78 is 22.9. The van der Waals surface area contributed by atoms with E-state index >= 15 is 0 Å². The highest BCUT2D eigenvalue weighted by atomic mass is 16.6. The van der Waals surface area contributed by atoms with E-state index in [0.29, 0.717) is 30.9 Å². The molecule has 0 spiro atoms. The van der Waals surface area contributed by atoms with Gasteiger partial charge in [-0.1, -0.05) is 29.8 Å². The number of carbonyl (C=O) groups is 1. The first-order valence-corrected chi connectivity index (χ1v) is 9.26. The molecule has 0 amide bonds. The summed E-state index contributed by atoms with van der Waals surface area (Å²) >= 11 is 0. The quantitative estimate of drug-likeness (QED) is 0.734. The molecule has 0 radical (unpaired) electrons. The highest BCUT2D eigenvalue weighted by Gasteiger charge is 2.48. The van der Waals surface area contributed by atoms with Gasteiger partial charge in [-0.2, -0.15) is 0 Å². The van der Waals surface area contributed by atoms with Gasteiger partial charge in [0.2, 0.25) is 0 Å². The van der Waals surface area contributed by atoms with E-state index in [1.165, 1.54) is 0 Å². The molecule has 2 saturated heterocycles. The summed E-state index contributed by atoms with van der Waals surface area (Å²) in [5, 5.41) is 0. The number of aryl methyl sites for hydroxylation is 1. The fourth-order valence-electron chi connectivity index (χ4n) is 3.67. The monoisotopic (exact) mass is 368 g/mol. The third-order valence-corrected chi connectivity index (χ3v) is 5.31. The van der Waals surface area contributed by atoms with Crippen molar-refractivity contribution in [1.29, 1.82) is 0 Å². The first kappa shape index (κ1) is 18.2. The van der Waals surface area contributed by atoms with Gasteiger partial charge < -0.3 is 18.9 Å². The van der Waals surface area contributed by atoms with Crippen molar-refractivity contribution in [2.75, 3.05) is 26.9 Å². The zero-order valence-corrected chi connectivity index (χ0v) is 15.6. The van der Waals surface area contributed by atoms with Crippen LogP contribution in [0.1, 0.15) is 21.5 Å². The highest BCUT2D eigenvalue weighted by Crippen LogP contribution is 2.32. The number of carbonyl (C=O) groups excluding carboxylic acids is 1. The molecule has 2 aliphatic heterocycles. The van der Waals surface area contributed by atoms with Crippen molar-refractivity contribution in [3.63, 3.8) is 0 Å². The van der Waals surface area contributed by atoms with Gasteiger partial charge in [-0.05, 0) is 31.2 Å². The van der Waals surface area contributed by atoms with Crippen molar-refractivity contribution in [3.8, 4) is 5.75 Å². The molecule has 142 valence electrons. The van der Waals surface area contributed by atoms with Gasteiger partial charge in [-0.15, -0.1) is 0 Å². The van der Waals surface area contributed by atoms with Crippen LogP contribution in [0.5, 0.6) is 5.75 Å². The number of ether oxygens (including phenoxy) is 4. The molecule has 2 aromatic rings. The van der Waals surface area contributed by atoms with Crippen LogP contribution in [-0.2, 0) is 14.2 Å². The molecule has 2 aliphatic rings. The largest absolute Gasteiger partial charge is 0.493 e. The summed E-state index contributed by atoms with van der Waals surface area (Å²) in [7, 11) is 1.68. The molecular formula is C22H24O5. The number of ketones is 1. The number of benzene rings is 2. The Morgan fingerprint density at radius 1 is 0.963 bits per heavy atom. The van der Waals surface area contributed by atoms with Gasteiger partial charge >= 0.3 is 0 Å². The second-order valence-corrected chi connectivity index (χ2v) is 7.16. The Labute approximate surface area is 159 Å².